The molecule has 2 aliphatic rings. The van der Waals surface area contributed by atoms with Gasteiger partial charge in [-0.05, 0) is 36.1 Å². The van der Waals surface area contributed by atoms with Crippen molar-refractivity contribution in [1.82, 2.24) is 15.5 Å². The first-order valence-electron chi connectivity index (χ1n) is 8.61. The number of amides is 1. The van der Waals surface area contributed by atoms with Crippen LogP contribution in [0.15, 0.2) is 24.3 Å². The van der Waals surface area contributed by atoms with Gasteiger partial charge in [0.15, 0.2) is 0 Å². The summed E-state index contributed by atoms with van der Waals surface area (Å²) < 4.78 is 0. The summed E-state index contributed by atoms with van der Waals surface area (Å²) in [7, 11) is 1.71. The zero-order valence-electron chi connectivity index (χ0n) is 13.9. The molecule has 0 unspecified atom stereocenters. The third-order valence-electron chi connectivity index (χ3n) is 4.90. The van der Waals surface area contributed by atoms with Crippen LogP contribution >= 0.6 is 11.8 Å². The van der Waals surface area contributed by atoms with E-state index < -0.39 is 0 Å². The van der Waals surface area contributed by atoms with Crippen molar-refractivity contribution in [3.8, 4) is 0 Å². The van der Waals surface area contributed by atoms with Crippen LogP contribution in [0.5, 0.6) is 0 Å². The molecule has 2 N–H and O–H groups in total. The maximum atomic E-state index is 11.5. The molecule has 23 heavy (non-hydrogen) atoms. The van der Waals surface area contributed by atoms with Crippen LogP contribution in [0, 0.1) is 0 Å². The number of nitrogens with one attached hydrogen (secondary N) is 2. The smallest absolute Gasteiger partial charge is 0.233 e. The van der Waals surface area contributed by atoms with Crippen LogP contribution in [0.1, 0.15) is 30.0 Å². The highest BCUT2D eigenvalue weighted by Gasteiger charge is 2.25. The lowest BCUT2D eigenvalue weighted by molar-refractivity contribution is -0.122. The van der Waals surface area contributed by atoms with Crippen molar-refractivity contribution in [3.05, 3.63) is 35.4 Å². The number of piperidine rings is 1. The fourth-order valence-corrected chi connectivity index (χ4v) is 4.58. The van der Waals surface area contributed by atoms with Gasteiger partial charge in [-0.25, -0.2) is 0 Å². The monoisotopic (exact) mass is 333 g/mol. The molecule has 0 aliphatic carbocycles. The first-order valence-corrected chi connectivity index (χ1v) is 9.76. The summed E-state index contributed by atoms with van der Waals surface area (Å²) in [6.45, 7) is 2.55. The van der Waals surface area contributed by atoms with Crippen molar-refractivity contribution in [2.75, 3.05) is 38.2 Å². The number of hydrogen-bond donors (Lipinski definition) is 2. The van der Waals surface area contributed by atoms with E-state index in [0.717, 1.165) is 31.7 Å². The Kier molecular flexibility index (Phi) is 5.97. The molecule has 2 aliphatic heterocycles. The molecule has 0 radical (unpaired) electrons. The van der Waals surface area contributed by atoms with E-state index in [9.17, 15) is 4.79 Å². The minimum Gasteiger partial charge on any atom is -0.358 e. The molecule has 1 fully saturated rings. The van der Waals surface area contributed by atoms with E-state index >= 15 is 0 Å². The number of likely N-dealkylation sites (tertiary alicyclic amines) is 1. The summed E-state index contributed by atoms with van der Waals surface area (Å²) in [4.78, 5) is 13.7. The number of hydrogen-bond acceptors (Lipinski definition) is 4. The SMILES string of the molecule is CNC(=O)CN1CCC(N[C@@H]2CSCCc3ccccc32)CC1. The number of likely N-dealkylation sites (N-methyl/N-ethyl adjacent to an activating group) is 1. The molecule has 4 nitrogen and oxygen atoms in total. The Labute approximate surface area is 143 Å². The Balaban J connectivity index is 1.55. The van der Waals surface area contributed by atoms with Crippen molar-refractivity contribution in [1.29, 1.82) is 0 Å². The lowest BCUT2D eigenvalue weighted by atomic mass is 9.97. The maximum Gasteiger partial charge on any atom is 0.233 e. The zero-order chi connectivity index (χ0) is 16.1. The van der Waals surface area contributed by atoms with Crippen LogP contribution in [0.25, 0.3) is 0 Å². The van der Waals surface area contributed by atoms with Gasteiger partial charge in [0.2, 0.25) is 5.91 Å². The van der Waals surface area contributed by atoms with Gasteiger partial charge in [-0.15, -0.1) is 0 Å². The molecular formula is C18H27N3OS. The van der Waals surface area contributed by atoms with E-state index in [0.29, 0.717) is 18.6 Å². The minimum atomic E-state index is 0.116. The van der Waals surface area contributed by atoms with Crippen LogP contribution in [0.3, 0.4) is 0 Å². The second-order valence-corrected chi connectivity index (χ2v) is 7.62. The molecule has 1 aromatic rings. The fourth-order valence-electron chi connectivity index (χ4n) is 3.54. The Morgan fingerprint density at radius 3 is 2.87 bits per heavy atom. The van der Waals surface area contributed by atoms with E-state index in [1.807, 2.05) is 0 Å². The Hall–Kier alpha value is -1.04. The summed E-state index contributed by atoms with van der Waals surface area (Å²) >= 11 is 2.06. The Morgan fingerprint density at radius 1 is 1.30 bits per heavy atom. The highest BCUT2D eigenvalue weighted by Crippen LogP contribution is 2.28. The summed E-state index contributed by atoms with van der Waals surface area (Å²) in [5.74, 6) is 2.50. The van der Waals surface area contributed by atoms with Gasteiger partial charge in [-0.3, -0.25) is 9.69 Å². The minimum absolute atomic E-state index is 0.116. The van der Waals surface area contributed by atoms with Gasteiger partial charge in [-0.1, -0.05) is 24.3 Å². The fraction of sp³-hybridized carbons (Fsp3) is 0.611. The molecule has 0 aromatic heterocycles. The van der Waals surface area contributed by atoms with Crippen LogP contribution < -0.4 is 10.6 Å². The van der Waals surface area contributed by atoms with Crippen LogP contribution in [-0.2, 0) is 11.2 Å². The van der Waals surface area contributed by atoms with E-state index in [4.69, 9.17) is 0 Å². The highest BCUT2D eigenvalue weighted by atomic mass is 32.2. The molecule has 0 bridgehead atoms. The molecular weight excluding hydrogens is 306 g/mol. The predicted octanol–water partition coefficient (Wildman–Crippen LogP) is 1.82. The van der Waals surface area contributed by atoms with E-state index in [1.54, 1.807) is 7.05 Å². The van der Waals surface area contributed by atoms with Crippen LogP contribution in [0.4, 0.5) is 0 Å². The Morgan fingerprint density at radius 2 is 2.09 bits per heavy atom. The Bertz CT molecular complexity index is 529. The van der Waals surface area contributed by atoms with Gasteiger partial charge < -0.3 is 10.6 Å². The number of aryl methyl sites for hydroxylation is 1. The van der Waals surface area contributed by atoms with Crippen LogP contribution in [0.2, 0.25) is 0 Å². The summed E-state index contributed by atoms with van der Waals surface area (Å²) in [5.41, 5.74) is 3.00. The number of benzene rings is 1. The molecule has 1 atom stereocenters. The highest BCUT2D eigenvalue weighted by molar-refractivity contribution is 7.99. The average molecular weight is 334 g/mol. The molecule has 0 saturated carbocycles. The summed E-state index contributed by atoms with van der Waals surface area (Å²) in [5, 5.41) is 6.60. The van der Waals surface area contributed by atoms with E-state index in [2.05, 4.69) is 51.6 Å². The molecule has 2 heterocycles. The third kappa shape index (κ3) is 4.49. The van der Waals surface area contributed by atoms with E-state index in [-0.39, 0.29) is 5.91 Å². The molecule has 0 spiro atoms. The largest absolute Gasteiger partial charge is 0.358 e. The standard InChI is InChI=1S/C18H27N3OS/c1-19-18(22)12-21-9-6-15(7-10-21)20-17-13-23-11-8-14-4-2-3-5-16(14)17/h2-5,15,17,20H,6-13H2,1H3,(H,19,22)/t17-/m1/s1. The average Bonchev–Trinajstić information content (AvgIpc) is 2.79. The topological polar surface area (TPSA) is 44.4 Å². The number of rotatable bonds is 4. The normalized spacial score (nSPS) is 23.1. The number of nitrogens with zero attached hydrogens (tertiary/aromatic N) is 1. The van der Waals surface area contributed by atoms with Gasteiger partial charge in [0.1, 0.15) is 0 Å². The van der Waals surface area contributed by atoms with Gasteiger partial charge in [-0.2, -0.15) is 11.8 Å². The van der Waals surface area contributed by atoms with Gasteiger partial charge >= 0.3 is 0 Å². The molecule has 1 amide bonds. The van der Waals surface area contributed by atoms with Gasteiger partial charge in [0.05, 0.1) is 6.54 Å². The van der Waals surface area contributed by atoms with Crippen molar-refractivity contribution < 1.29 is 4.79 Å². The molecule has 126 valence electrons. The first kappa shape index (κ1) is 16.8. The second kappa shape index (κ2) is 8.18. The lowest BCUT2D eigenvalue weighted by Crippen LogP contribution is -2.46. The van der Waals surface area contributed by atoms with Crippen molar-refractivity contribution in [2.45, 2.75) is 31.3 Å². The number of carbonyl (C=O) groups excluding carboxylic acids is 1. The lowest BCUT2D eigenvalue weighted by Gasteiger charge is -2.34. The third-order valence-corrected chi connectivity index (χ3v) is 5.96. The number of fused-ring (bicyclic) bond motifs is 1. The summed E-state index contributed by atoms with van der Waals surface area (Å²) in [6, 6.07) is 9.92. The van der Waals surface area contributed by atoms with Crippen LogP contribution in [-0.4, -0.2) is 55.0 Å². The first-order chi connectivity index (χ1) is 11.3. The van der Waals surface area contributed by atoms with E-state index in [1.165, 1.54) is 23.3 Å². The molecule has 1 aromatic carbocycles. The maximum absolute atomic E-state index is 11.5. The second-order valence-electron chi connectivity index (χ2n) is 6.47. The molecule has 1 saturated heterocycles. The van der Waals surface area contributed by atoms with Crippen molar-refractivity contribution >= 4 is 17.7 Å². The van der Waals surface area contributed by atoms with Crippen molar-refractivity contribution in [2.24, 2.45) is 0 Å². The number of thioether (sulfide) groups is 1. The molecule has 5 heteroatoms. The number of carbonyl (C=O) groups is 1. The van der Waals surface area contributed by atoms with Gasteiger partial charge in [0.25, 0.3) is 0 Å². The summed E-state index contributed by atoms with van der Waals surface area (Å²) in [6.07, 6.45) is 3.43. The van der Waals surface area contributed by atoms with Gasteiger partial charge in [0, 0.05) is 38.0 Å². The molecule has 3 rings (SSSR count). The predicted molar refractivity (Wildman–Crippen MR) is 96.9 cm³/mol. The quantitative estimate of drug-likeness (QED) is 0.882. The van der Waals surface area contributed by atoms with Crippen molar-refractivity contribution in [3.63, 3.8) is 0 Å². The zero-order valence-corrected chi connectivity index (χ0v) is 14.7.